The van der Waals surface area contributed by atoms with E-state index in [1.54, 1.807) is 0 Å². The molecule has 4 nitrogen and oxygen atoms in total. The topological polar surface area (TPSA) is 69.6 Å². The molecule has 0 radical (unpaired) electrons. The van der Waals surface area contributed by atoms with Gasteiger partial charge in [-0.2, -0.15) is 0 Å². The molecule has 0 aliphatic rings. The summed E-state index contributed by atoms with van der Waals surface area (Å²) in [6.07, 6.45) is 2.47. The van der Waals surface area contributed by atoms with Crippen LogP contribution in [0.1, 0.15) is 50.4 Å². The number of rotatable bonds is 5. The number of nitrogens with one attached hydrogen (secondary N) is 1. The molecule has 0 atom stereocenters. The summed E-state index contributed by atoms with van der Waals surface area (Å²) in [5.74, 6) is -1.00. The van der Waals surface area contributed by atoms with Crippen molar-refractivity contribution in [3.8, 4) is 11.5 Å². The van der Waals surface area contributed by atoms with Crippen LogP contribution in [-0.4, -0.2) is 21.7 Å². The van der Waals surface area contributed by atoms with Gasteiger partial charge in [0.2, 0.25) is 0 Å². The molecule has 0 aromatic heterocycles. The normalized spacial score (nSPS) is 11.3. The maximum atomic E-state index is 12.1. The third-order valence-electron chi connectivity index (χ3n) is 3.67. The first-order valence-corrected chi connectivity index (χ1v) is 6.33. The minimum atomic E-state index is -0.368. The predicted octanol–water partition coefficient (Wildman–Crippen LogP) is 2.80. The van der Waals surface area contributed by atoms with Crippen molar-refractivity contribution in [2.45, 2.75) is 45.6 Å². The summed E-state index contributed by atoms with van der Waals surface area (Å²) in [6, 6.07) is 4.38. The van der Waals surface area contributed by atoms with Crippen molar-refractivity contribution in [3.63, 3.8) is 0 Å². The summed E-state index contributed by atoms with van der Waals surface area (Å²) in [6.45, 7) is 6.07. The molecule has 18 heavy (non-hydrogen) atoms. The maximum absolute atomic E-state index is 12.1. The standard InChI is InChI=1S/C14H21NO3/c1-4-14(5-2,6-3)15-13(18)10-8-7-9-11(16)12(10)17/h7-9,16-17H,4-6H2,1-3H3,(H,15,18). The molecule has 1 rings (SSSR count). The fourth-order valence-electron chi connectivity index (χ4n) is 2.04. The Bertz CT molecular complexity index is 417. The van der Waals surface area contributed by atoms with E-state index < -0.39 is 0 Å². The van der Waals surface area contributed by atoms with Gasteiger partial charge in [0.15, 0.2) is 11.5 Å². The van der Waals surface area contributed by atoms with Crippen molar-refractivity contribution in [2.75, 3.05) is 0 Å². The van der Waals surface area contributed by atoms with E-state index in [-0.39, 0.29) is 28.5 Å². The average Bonchev–Trinajstić information content (AvgIpc) is 2.39. The second-order valence-corrected chi connectivity index (χ2v) is 4.47. The largest absolute Gasteiger partial charge is 0.504 e. The third kappa shape index (κ3) is 2.75. The van der Waals surface area contributed by atoms with Crippen LogP contribution in [0.3, 0.4) is 0 Å². The van der Waals surface area contributed by atoms with Gasteiger partial charge in [-0.15, -0.1) is 0 Å². The van der Waals surface area contributed by atoms with Crippen LogP contribution in [0.25, 0.3) is 0 Å². The van der Waals surface area contributed by atoms with E-state index in [4.69, 9.17) is 0 Å². The summed E-state index contributed by atoms with van der Waals surface area (Å²) in [4.78, 5) is 12.1. The van der Waals surface area contributed by atoms with E-state index in [1.165, 1.54) is 18.2 Å². The first-order chi connectivity index (χ1) is 8.49. The lowest BCUT2D eigenvalue weighted by Crippen LogP contribution is -2.47. The molecule has 0 aliphatic heterocycles. The van der Waals surface area contributed by atoms with Gasteiger partial charge in [0.05, 0.1) is 5.56 Å². The number of carbonyl (C=O) groups is 1. The monoisotopic (exact) mass is 251 g/mol. The Balaban J connectivity index is 2.98. The Hall–Kier alpha value is -1.71. The molecule has 0 aliphatic carbocycles. The molecule has 0 fully saturated rings. The summed E-state index contributed by atoms with van der Waals surface area (Å²) in [7, 11) is 0. The van der Waals surface area contributed by atoms with Crippen LogP contribution in [0.5, 0.6) is 11.5 Å². The van der Waals surface area contributed by atoms with Crippen molar-refractivity contribution in [1.82, 2.24) is 5.32 Å². The number of benzene rings is 1. The average molecular weight is 251 g/mol. The van der Waals surface area contributed by atoms with Gasteiger partial charge in [0.25, 0.3) is 5.91 Å². The van der Waals surface area contributed by atoms with E-state index in [2.05, 4.69) is 5.32 Å². The predicted molar refractivity (Wildman–Crippen MR) is 70.8 cm³/mol. The third-order valence-corrected chi connectivity index (χ3v) is 3.67. The number of carbonyl (C=O) groups excluding carboxylic acids is 1. The molecule has 1 aromatic carbocycles. The van der Waals surface area contributed by atoms with Crippen molar-refractivity contribution in [1.29, 1.82) is 0 Å². The summed E-state index contributed by atoms with van der Waals surface area (Å²) >= 11 is 0. The highest BCUT2D eigenvalue weighted by Gasteiger charge is 2.27. The van der Waals surface area contributed by atoms with Crippen molar-refractivity contribution in [3.05, 3.63) is 23.8 Å². The van der Waals surface area contributed by atoms with Gasteiger partial charge in [-0.3, -0.25) is 4.79 Å². The number of phenols is 2. The summed E-state index contributed by atoms with van der Waals surface area (Å²) < 4.78 is 0. The second kappa shape index (κ2) is 5.76. The van der Waals surface area contributed by atoms with Crippen LogP contribution < -0.4 is 5.32 Å². The molecule has 0 unspecified atom stereocenters. The van der Waals surface area contributed by atoms with Crippen LogP contribution in [0.15, 0.2) is 18.2 Å². The Kier molecular flexibility index (Phi) is 4.59. The fraction of sp³-hybridized carbons (Fsp3) is 0.500. The number of phenolic OH excluding ortho intramolecular Hbond substituents is 2. The molecule has 0 saturated heterocycles. The molecule has 100 valence electrons. The van der Waals surface area contributed by atoms with Crippen LogP contribution >= 0.6 is 0 Å². The summed E-state index contributed by atoms with van der Waals surface area (Å²) in [5, 5.41) is 22.0. The van der Waals surface area contributed by atoms with Gasteiger partial charge in [-0.1, -0.05) is 26.8 Å². The van der Waals surface area contributed by atoms with Gasteiger partial charge in [0.1, 0.15) is 0 Å². The van der Waals surface area contributed by atoms with Gasteiger partial charge < -0.3 is 15.5 Å². The lowest BCUT2D eigenvalue weighted by atomic mass is 9.89. The number of amides is 1. The van der Waals surface area contributed by atoms with E-state index in [0.29, 0.717) is 0 Å². The highest BCUT2D eigenvalue weighted by molar-refractivity contribution is 5.98. The van der Waals surface area contributed by atoms with Gasteiger partial charge in [0, 0.05) is 5.54 Å². The van der Waals surface area contributed by atoms with E-state index in [1.807, 2.05) is 20.8 Å². The highest BCUT2D eigenvalue weighted by atomic mass is 16.3. The Labute approximate surface area is 108 Å². The second-order valence-electron chi connectivity index (χ2n) is 4.47. The number of hydrogen-bond donors (Lipinski definition) is 3. The Morgan fingerprint density at radius 1 is 1.17 bits per heavy atom. The van der Waals surface area contributed by atoms with Crippen molar-refractivity contribution < 1.29 is 15.0 Å². The molecule has 0 saturated carbocycles. The van der Waals surface area contributed by atoms with Gasteiger partial charge in [-0.05, 0) is 31.4 Å². The highest BCUT2D eigenvalue weighted by Crippen LogP contribution is 2.29. The van der Waals surface area contributed by atoms with E-state index in [0.717, 1.165) is 19.3 Å². The maximum Gasteiger partial charge on any atom is 0.255 e. The smallest absolute Gasteiger partial charge is 0.255 e. The first kappa shape index (κ1) is 14.4. The Morgan fingerprint density at radius 2 is 1.72 bits per heavy atom. The molecule has 3 N–H and O–H groups in total. The van der Waals surface area contributed by atoms with Crippen LogP contribution in [-0.2, 0) is 0 Å². The van der Waals surface area contributed by atoms with E-state index >= 15 is 0 Å². The molecule has 1 aromatic rings. The zero-order valence-corrected chi connectivity index (χ0v) is 11.2. The first-order valence-electron chi connectivity index (χ1n) is 6.33. The number of hydrogen-bond acceptors (Lipinski definition) is 3. The van der Waals surface area contributed by atoms with E-state index in [9.17, 15) is 15.0 Å². The fourth-order valence-corrected chi connectivity index (χ4v) is 2.04. The molecule has 0 spiro atoms. The zero-order valence-electron chi connectivity index (χ0n) is 11.2. The molecule has 4 heteroatoms. The van der Waals surface area contributed by atoms with Crippen LogP contribution in [0.4, 0.5) is 0 Å². The van der Waals surface area contributed by atoms with Gasteiger partial charge in [-0.25, -0.2) is 0 Å². The molecular formula is C14H21NO3. The quantitative estimate of drug-likeness (QED) is 0.705. The molecule has 1 amide bonds. The van der Waals surface area contributed by atoms with Gasteiger partial charge >= 0.3 is 0 Å². The van der Waals surface area contributed by atoms with Crippen LogP contribution in [0, 0.1) is 0 Å². The molecule has 0 bridgehead atoms. The van der Waals surface area contributed by atoms with Crippen molar-refractivity contribution in [2.24, 2.45) is 0 Å². The minimum Gasteiger partial charge on any atom is -0.504 e. The number of para-hydroxylation sites is 1. The molecule has 0 heterocycles. The zero-order chi connectivity index (χ0) is 13.8. The lowest BCUT2D eigenvalue weighted by Gasteiger charge is -2.31. The SMILES string of the molecule is CCC(CC)(CC)NC(=O)c1cccc(O)c1O. The minimum absolute atomic E-state index is 0.106. The lowest BCUT2D eigenvalue weighted by molar-refractivity contribution is 0.0885. The number of aromatic hydroxyl groups is 2. The van der Waals surface area contributed by atoms with Crippen molar-refractivity contribution >= 4 is 5.91 Å². The molecular weight excluding hydrogens is 230 g/mol. The summed E-state index contributed by atoms with van der Waals surface area (Å²) in [5.41, 5.74) is -0.149. The Morgan fingerprint density at radius 3 is 2.22 bits per heavy atom. The van der Waals surface area contributed by atoms with Crippen LogP contribution in [0.2, 0.25) is 0 Å².